The summed E-state index contributed by atoms with van der Waals surface area (Å²) in [5.74, 6) is 0.746. The summed E-state index contributed by atoms with van der Waals surface area (Å²) in [5.41, 5.74) is 2.94. The van der Waals surface area contributed by atoms with Crippen molar-refractivity contribution < 1.29 is 9.59 Å². The van der Waals surface area contributed by atoms with Crippen LogP contribution in [0.15, 0.2) is 61.1 Å². The second-order valence-electron chi connectivity index (χ2n) is 11.4. The maximum atomic E-state index is 13.5. The number of benzene rings is 2. The van der Waals surface area contributed by atoms with Crippen LogP contribution in [-0.2, 0) is 6.54 Å². The molecule has 0 aliphatic heterocycles. The molecule has 0 unspecified atom stereocenters. The van der Waals surface area contributed by atoms with Crippen molar-refractivity contribution in [2.75, 3.05) is 10.6 Å². The summed E-state index contributed by atoms with van der Waals surface area (Å²) in [5, 5.41) is 13.9. The highest BCUT2D eigenvalue weighted by atomic mass is 35.5. The molecule has 4 aromatic rings. The third-order valence-electron chi connectivity index (χ3n) is 7.77. The number of rotatable bonds is 6. The smallest absolute Gasteiger partial charge is 0.317 e. The fourth-order valence-corrected chi connectivity index (χ4v) is 5.48. The zero-order valence-electron chi connectivity index (χ0n) is 22.9. The summed E-state index contributed by atoms with van der Waals surface area (Å²) in [6.45, 7) is 7.32. The van der Waals surface area contributed by atoms with E-state index >= 15 is 0 Å². The zero-order chi connectivity index (χ0) is 28.3. The highest BCUT2D eigenvalue weighted by Gasteiger charge is 2.33. The minimum absolute atomic E-state index is 0.129. The van der Waals surface area contributed by atoms with Gasteiger partial charge in [-0.1, -0.05) is 44.5 Å². The standard InChI is InChI=1S/C30H34ClN7O2/c1-30(2,3)21-8-14-24(15-9-21)38(29(40)35-23-12-10-22(31)11-13-23)17-19-4-6-20(7-5-19)28(39)36-26-25-16-34-37-27(25)33-18-32-26/h4-7,10-13,16,18,21,24H,8-9,14-15,17H2,1-3H3,(H,35,40)(H2,32,33,34,36,37,39). The lowest BCUT2D eigenvalue weighted by Gasteiger charge is -2.41. The molecule has 208 valence electrons. The molecule has 2 aromatic carbocycles. The summed E-state index contributed by atoms with van der Waals surface area (Å²) >= 11 is 6.03. The molecule has 5 rings (SSSR count). The second kappa shape index (κ2) is 11.6. The fourth-order valence-electron chi connectivity index (χ4n) is 5.35. The van der Waals surface area contributed by atoms with Crippen LogP contribution >= 0.6 is 11.6 Å². The number of urea groups is 1. The molecule has 40 heavy (non-hydrogen) atoms. The summed E-state index contributed by atoms with van der Waals surface area (Å²) in [6, 6.07) is 14.4. The molecule has 0 saturated heterocycles. The number of aromatic nitrogens is 4. The minimum Gasteiger partial charge on any atom is -0.317 e. The number of hydrogen-bond acceptors (Lipinski definition) is 5. The van der Waals surface area contributed by atoms with Gasteiger partial charge in [0.2, 0.25) is 0 Å². The van der Waals surface area contributed by atoms with Gasteiger partial charge in [-0.15, -0.1) is 0 Å². The Bertz CT molecular complexity index is 1470. The van der Waals surface area contributed by atoms with Gasteiger partial charge in [0.05, 0.1) is 11.6 Å². The van der Waals surface area contributed by atoms with Crippen molar-refractivity contribution in [3.8, 4) is 0 Å². The molecular weight excluding hydrogens is 526 g/mol. The Hall–Kier alpha value is -3.98. The first-order chi connectivity index (χ1) is 19.2. The van der Waals surface area contributed by atoms with Gasteiger partial charge in [0.1, 0.15) is 12.1 Å². The van der Waals surface area contributed by atoms with Gasteiger partial charge in [-0.25, -0.2) is 14.8 Å². The average molecular weight is 560 g/mol. The molecule has 2 aromatic heterocycles. The van der Waals surface area contributed by atoms with Gasteiger partial charge >= 0.3 is 6.03 Å². The third kappa shape index (κ3) is 6.42. The SMILES string of the molecule is CC(C)(C)C1CCC(N(Cc2ccc(C(=O)Nc3ncnc4[nH]ncc34)cc2)C(=O)Nc2ccc(Cl)cc2)CC1. The van der Waals surface area contributed by atoms with Gasteiger partial charge in [0, 0.05) is 28.9 Å². The largest absolute Gasteiger partial charge is 0.322 e. The highest BCUT2D eigenvalue weighted by molar-refractivity contribution is 6.30. The van der Waals surface area contributed by atoms with Crippen molar-refractivity contribution in [1.29, 1.82) is 0 Å². The highest BCUT2D eigenvalue weighted by Crippen LogP contribution is 2.39. The fraction of sp³-hybridized carbons (Fsp3) is 0.367. The predicted octanol–water partition coefficient (Wildman–Crippen LogP) is 6.90. The lowest BCUT2D eigenvalue weighted by atomic mass is 9.71. The molecule has 0 bridgehead atoms. The monoisotopic (exact) mass is 559 g/mol. The number of carbonyl (C=O) groups is 2. The number of aromatic amines is 1. The van der Waals surface area contributed by atoms with Crippen molar-refractivity contribution >= 4 is 46.1 Å². The topological polar surface area (TPSA) is 116 Å². The van der Waals surface area contributed by atoms with E-state index in [1.165, 1.54) is 6.33 Å². The summed E-state index contributed by atoms with van der Waals surface area (Å²) in [7, 11) is 0. The molecule has 3 N–H and O–H groups in total. The van der Waals surface area contributed by atoms with E-state index in [0.717, 1.165) is 31.2 Å². The van der Waals surface area contributed by atoms with Gasteiger partial charge in [-0.3, -0.25) is 9.89 Å². The molecule has 0 atom stereocenters. The molecule has 10 heteroatoms. The molecule has 2 heterocycles. The van der Waals surface area contributed by atoms with Crippen LogP contribution in [0.25, 0.3) is 11.0 Å². The van der Waals surface area contributed by atoms with Crippen LogP contribution in [-0.4, -0.2) is 43.0 Å². The maximum Gasteiger partial charge on any atom is 0.322 e. The second-order valence-corrected chi connectivity index (χ2v) is 11.9. The quantitative estimate of drug-likeness (QED) is 0.238. The Labute approximate surface area is 238 Å². The first-order valence-corrected chi connectivity index (χ1v) is 13.9. The molecular formula is C30H34ClN7O2. The normalized spacial score (nSPS) is 17.4. The van der Waals surface area contributed by atoms with E-state index in [4.69, 9.17) is 11.6 Å². The van der Waals surface area contributed by atoms with Gasteiger partial charge in [-0.2, -0.15) is 5.10 Å². The summed E-state index contributed by atoms with van der Waals surface area (Å²) in [4.78, 5) is 36.7. The van der Waals surface area contributed by atoms with E-state index in [-0.39, 0.29) is 23.4 Å². The lowest BCUT2D eigenvalue weighted by molar-refractivity contribution is 0.102. The van der Waals surface area contributed by atoms with Crippen LogP contribution in [0.2, 0.25) is 5.02 Å². The van der Waals surface area contributed by atoms with Crippen LogP contribution in [0.5, 0.6) is 0 Å². The average Bonchev–Trinajstić information content (AvgIpc) is 3.43. The van der Waals surface area contributed by atoms with Crippen molar-refractivity contribution in [2.24, 2.45) is 11.3 Å². The van der Waals surface area contributed by atoms with E-state index < -0.39 is 0 Å². The van der Waals surface area contributed by atoms with Gasteiger partial charge < -0.3 is 15.5 Å². The van der Waals surface area contributed by atoms with Crippen molar-refractivity contribution in [3.05, 3.63) is 77.2 Å². The van der Waals surface area contributed by atoms with Crippen LogP contribution in [0.4, 0.5) is 16.3 Å². The van der Waals surface area contributed by atoms with Gasteiger partial charge in [-0.05, 0) is 79.0 Å². The summed E-state index contributed by atoms with van der Waals surface area (Å²) in [6.07, 6.45) is 7.04. The number of fused-ring (bicyclic) bond motifs is 1. The van der Waals surface area contributed by atoms with E-state index in [0.29, 0.717) is 45.6 Å². The number of hydrogen-bond donors (Lipinski definition) is 3. The Morgan fingerprint density at radius 1 is 0.975 bits per heavy atom. The van der Waals surface area contributed by atoms with Crippen LogP contribution in [0, 0.1) is 11.3 Å². The maximum absolute atomic E-state index is 13.5. The van der Waals surface area contributed by atoms with Crippen molar-refractivity contribution in [1.82, 2.24) is 25.1 Å². The number of nitrogens with zero attached hydrogens (tertiary/aromatic N) is 4. The van der Waals surface area contributed by atoms with Crippen molar-refractivity contribution in [3.63, 3.8) is 0 Å². The molecule has 0 radical (unpaired) electrons. The number of H-pyrrole nitrogens is 1. The van der Waals surface area contributed by atoms with E-state index in [9.17, 15) is 9.59 Å². The Morgan fingerprint density at radius 2 is 1.68 bits per heavy atom. The van der Waals surface area contributed by atoms with E-state index in [1.54, 1.807) is 42.6 Å². The third-order valence-corrected chi connectivity index (χ3v) is 8.02. The number of carbonyl (C=O) groups excluding carboxylic acids is 2. The molecule has 1 aliphatic carbocycles. The first kappa shape index (κ1) is 27.6. The van der Waals surface area contributed by atoms with Crippen LogP contribution in [0.3, 0.4) is 0 Å². The number of anilines is 2. The lowest BCUT2D eigenvalue weighted by Crippen LogP contribution is -2.45. The van der Waals surface area contributed by atoms with E-state index in [2.05, 4.69) is 51.6 Å². The Morgan fingerprint density at radius 3 is 2.35 bits per heavy atom. The van der Waals surface area contributed by atoms with Crippen LogP contribution < -0.4 is 10.6 Å². The van der Waals surface area contributed by atoms with Crippen molar-refractivity contribution in [2.45, 2.75) is 59.0 Å². The Kier molecular flexibility index (Phi) is 8.02. The molecule has 1 aliphatic rings. The predicted molar refractivity (Wildman–Crippen MR) is 157 cm³/mol. The molecule has 0 spiro atoms. The van der Waals surface area contributed by atoms with Gasteiger partial charge in [0.15, 0.2) is 5.65 Å². The van der Waals surface area contributed by atoms with E-state index in [1.807, 2.05) is 17.0 Å². The molecule has 9 nitrogen and oxygen atoms in total. The number of nitrogens with one attached hydrogen (secondary N) is 3. The first-order valence-electron chi connectivity index (χ1n) is 13.5. The minimum atomic E-state index is -0.286. The molecule has 1 fully saturated rings. The van der Waals surface area contributed by atoms with Crippen LogP contribution in [0.1, 0.15) is 62.4 Å². The number of amides is 3. The summed E-state index contributed by atoms with van der Waals surface area (Å²) < 4.78 is 0. The Balaban J connectivity index is 1.30. The zero-order valence-corrected chi connectivity index (χ0v) is 23.7. The molecule has 3 amide bonds. The number of halogens is 1. The van der Waals surface area contributed by atoms with Gasteiger partial charge in [0.25, 0.3) is 5.91 Å². The molecule has 1 saturated carbocycles.